The van der Waals surface area contributed by atoms with E-state index in [-0.39, 0.29) is 11.6 Å². The first-order chi connectivity index (χ1) is 13.1. The van der Waals surface area contributed by atoms with Gasteiger partial charge in [0.2, 0.25) is 5.91 Å². The normalized spacial score (nSPS) is 12.8. The third kappa shape index (κ3) is 3.59. The molecule has 1 aliphatic rings. The summed E-state index contributed by atoms with van der Waals surface area (Å²) in [6.07, 6.45) is 1.63. The van der Waals surface area contributed by atoms with E-state index < -0.39 is 4.92 Å². The SMILES string of the molecule is O=C(CCc1nc(-c2ccccc2)cs1)N1CCc2ccc([N+](=O)[O-])cc21. The number of amides is 1. The highest BCUT2D eigenvalue weighted by atomic mass is 32.1. The van der Waals surface area contributed by atoms with Crippen molar-refractivity contribution < 1.29 is 9.72 Å². The molecule has 0 N–H and O–H groups in total. The second kappa shape index (κ2) is 7.28. The number of non-ortho nitro benzene ring substituents is 1. The van der Waals surface area contributed by atoms with Gasteiger partial charge < -0.3 is 4.90 Å². The summed E-state index contributed by atoms with van der Waals surface area (Å²) in [5.41, 5.74) is 3.64. The van der Waals surface area contributed by atoms with Crippen LogP contribution < -0.4 is 4.90 Å². The van der Waals surface area contributed by atoms with Gasteiger partial charge >= 0.3 is 0 Å². The van der Waals surface area contributed by atoms with Crippen LogP contribution in [-0.4, -0.2) is 22.4 Å². The smallest absolute Gasteiger partial charge is 0.271 e. The van der Waals surface area contributed by atoms with E-state index in [1.807, 2.05) is 35.7 Å². The summed E-state index contributed by atoms with van der Waals surface area (Å²) in [7, 11) is 0. The van der Waals surface area contributed by atoms with E-state index >= 15 is 0 Å². The zero-order chi connectivity index (χ0) is 18.8. The molecule has 2 aromatic carbocycles. The van der Waals surface area contributed by atoms with Crippen LogP contribution in [0.15, 0.2) is 53.9 Å². The number of carbonyl (C=O) groups excluding carboxylic acids is 1. The molecule has 0 fully saturated rings. The Morgan fingerprint density at radius 2 is 2.04 bits per heavy atom. The molecule has 0 spiro atoms. The van der Waals surface area contributed by atoms with Crippen LogP contribution in [0.2, 0.25) is 0 Å². The fourth-order valence-electron chi connectivity index (χ4n) is 3.26. The first-order valence-corrected chi connectivity index (χ1v) is 9.57. The van der Waals surface area contributed by atoms with Crippen LogP contribution in [0.4, 0.5) is 11.4 Å². The minimum absolute atomic E-state index is 0.0147. The zero-order valence-corrected chi connectivity index (χ0v) is 15.3. The molecule has 1 aliphatic heterocycles. The maximum absolute atomic E-state index is 12.7. The molecule has 6 nitrogen and oxygen atoms in total. The quantitative estimate of drug-likeness (QED) is 0.491. The molecule has 2 heterocycles. The van der Waals surface area contributed by atoms with Crippen molar-refractivity contribution in [2.75, 3.05) is 11.4 Å². The van der Waals surface area contributed by atoms with Gasteiger partial charge in [-0.2, -0.15) is 0 Å². The van der Waals surface area contributed by atoms with Crippen molar-refractivity contribution in [3.05, 3.63) is 74.6 Å². The number of rotatable bonds is 5. The van der Waals surface area contributed by atoms with E-state index in [0.717, 1.165) is 28.2 Å². The summed E-state index contributed by atoms with van der Waals surface area (Å²) in [5, 5.41) is 13.9. The summed E-state index contributed by atoms with van der Waals surface area (Å²) in [5.74, 6) is -0.0225. The molecule has 0 atom stereocenters. The highest BCUT2D eigenvalue weighted by molar-refractivity contribution is 7.09. The third-order valence-electron chi connectivity index (χ3n) is 4.65. The van der Waals surface area contributed by atoms with Crippen LogP contribution in [0.3, 0.4) is 0 Å². The number of aromatic nitrogens is 1. The Morgan fingerprint density at radius 1 is 1.22 bits per heavy atom. The van der Waals surface area contributed by atoms with Gasteiger partial charge in [0.05, 0.1) is 21.3 Å². The molecular formula is C20H17N3O3S. The van der Waals surface area contributed by atoms with Gasteiger partial charge in [-0.1, -0.05) is 36.4 Å². The Labute approximate surface area is 160 Å². The highest BCUT2D eigenvalue weighted by Gasteiger charge is 2.26. The topological polar surface area (TPSA) is 76.3 Å². The molecule has 27 heavy (non-hydrogen) atoms. The molecule has 0 radical (unpaired) electrons. The van der Waals surface area contributed by atoms with Crippen molar-refractivity contribution in [3.63, 3.8) is 0 Å². The average molecular weight is 379 g/mol. The standard InChI is InChI=1S/C20H17N3O3S/c24-20(22-11-10-15-6-7-16(23(25)26)12-18(15)22)9-8-19-21-17(13-27-19)14-4-2-1-3-5-14/h1-7,12-13H,8-11H2. The van der Waals surface area contributed by atoms with Crippen LogP contribution in [0, 0.1) is 10.1 Å². The molecule has 1 aromatic heterocycles. The minimum atomic E-state index is -0.429. The van der Waals surface area contributed by atoms with Crippen LogP contribution >= 0.6 is 11.3 Å². The molecule has 0 aliphatic carbocycles. The maximum Gasteiger partial charge on any atom is 0.271 e. The van der Waals surface area contributed by atoms with Crippen molar-refractivity contribution >= 4 is 28.6 Å². The van der Waals surface area contributed by atoms with Gasteiger partial charge in [-0.3, -0.25) is 14.9 Å². The monoisotopic (exact) mass is 379 g/mol. The lowest BCUT2D eigenvalue weighted by Gasteiger charge is -2.16. The average Bonchev–Trinajstić information content (AvgIpc) is 3.33. The highest BCUT2D eigenvalue weighted by Crippen LogP contribution is 2.32. The van der Waals surface area contributed by atoms with Crippen LogP contribution in [0.5, 0.6) is 0 Å². The molecule has 0 unspecified atom stereocenters. The number of benzene rings is 2. The third-order valence-corrected chi connectivity index (χ3v) is 5.56. The predicted molar refractivity (Wildman–Crippen MR) is 105 cm³/mol. The molecule has 4 rings (SSSR count). The summed E-state index contributed by atoms with van der Waals surface area (Å²) in [6, 6.07) is 14.7. The maximum atomic E-state index is 12.7. The number of thiazole rings is 1. The lowest BCUT2D eigenvalue weighted by Crippen LogP contribution is -2.29. The minimum Gasteiger partial charge on any atom is -0.312 e. The van der Waals surface area contributed by atoms with Gasteiger partial charge in [0.15, 0.2) is 0 Å². The number of fused-ring (bicyclic) bond motifs is 1. The number of hydrogen-bond donors (Lipinski definition) is 0. The molecule has 0 saturated heterocycles. The number of nitrogens with zero attached hydrogens (tertiary/aromatic N) is 3. The van der Waals surface area contributed by atoms with Crippen LogP contribution in [0.1, 0.15) is 17.0 Å². The number of anilines is 1. The second-order valence-electron chi connectivity index (χ2n) is 6.36. The molecule has 0 bridgehead atoms. The van der Waals surface area contributed by atoms with Gasteiger partial charge in [0.25, 0.3) is 5.69 Å². The first-order valence-electron chi connectivity index (χ1n) is 8.69. The fraction of sp³-hybridized carbons (Fsp3) is 0.200. The molecule has 3 aromatic rings. The summed E-state index contributed by atoms with van der Waals surface area (Å²) < 4.78 is 0. The van der Waals surface area contributed by atoms with Crippen molar-refractivity contribution in [2.45, 2.75) is 19.3 Å². The molecular weight excluding hydrogens is 362 g/mol. The summed E-state index contributed by atoms with van der Waals surface area (Å²) in [6.45, 7) is 0.572. The summed E-state index contributed by atoms with van der Waals surface area (Å²) >= 11 is 1.55. The fourth-order valence-corrected chi connectivity index (χ4v) is 4.06. The van der Waals surface area contributed by atoms with Crippen LogP contribution in [0.25, 0.3) is 11.3 Å². The Morgan fingerprint density at radius 3 is 2.81 bits per heavy atom. The van der Waals surface area contributed by atoms with E-state index in [1.165, 1.54) is 12.1 Å². The van der Waals surface area contributed by atoms with Gasteiger partial charge in [0.1, 0.15) is 0 Å². The Hall–Kier alpha value is -3.06. The number of carbonyl (C=O) groups is 1. The zero-order valence-electron chi connectivity index (χ0n) is 14.5. The Balaban J connectivity index is 1.44. The number of aryl methyl sites for hydroxylation is 1. The number of nitro groups is 1. The lowest BCUT2D eigenvalue weighted by atomic mass is 10.1. The van der Waals surface area contributed by atoms with Crippen molar-refractivity contribution in [1.29, 1.82) is 0 Å². The lowest BCUT2D eigenvalue weighted by molar-refractivity contribution is -0.384. The van der Waals surface area contributed by atoms with Gasteiger partial charge in [0, 0.05) is 42.5 Å². The Bertz CT molecular complexity index is 1000. The Kier molecular flexibility index (Phi) is 4.68. The van der Waals surface area contributed by atoms with Crippen molar-refractivity contribution in [2.24, 2.45) is 0 Å². The number of hydrogen-bond acceptors (Lipinski definition) is 5. The predicted octanol–water partition coefficient (Wildman–Crippen LogP) is 4.24. The van der Waals surface area contributed by atoms with E-state index in [4.69, 9.17) is 0 Å². The molecule has 1 amide bonds. The molecule has 7 heteroatoms. The van der Waals surface area contributed by atoms with E-state index in [9.17, 15) is 14.9 Å². The van der Waals surface area contributed by atoms with Gasteiger partial charge in [-0.25, -0.2) is 4.98 Å². The van der Waals surface area contributed by atoms with Gasteiger partial charge in [-0.05, 0) is 12.0 Å². The van der Waals surface area contributed by atoms with Crippen molar-refractivity contribution in [1.82, 2.24) is 4.98 Å². The number of nitro benzene ring substituents is 1. The second-order valence-corrected chi connectivity index (χ2v) is 7.30. The van der Waals surface area contributed by atoms with Crippen LogP contribution in [-0.2, 0) is 17.6 Å². The first kappa shape index (κ1) is 17.4. The largest absolute Gasteiger partial charge is 0.312 e. The van der Waals surface area contributed by atoms with E-state index in [1.54, 1.807) is 22.3 Å². The van der Waals surface area contributed by atoms with Crippen molar-refractivity contribution in [3.8, 4) is 11.3 Å². The molecule has 0 saturated carbocycles. The molecule has 136 valence electrons. The van der Waals surface area contributed by atoms with E-state index in [0.29, 0.717) is 25.1 Å². The summed E-state index contributed by atoms with van der Waals surface area (Å²) in [4.78, 5) is 29.5. The van der Waals surface area contributed by atoms with Gasteiger partial charge in [-0.15, -0.1) is 11.3 Å². The van der Waals surface area contributed by atoms with E-state index in [2.05, 4.69) is 4.98 Å².